The first kappa shape index (κ1) is 18.9. The van der Waals surface area contributed by atoms with E-state index in [0.29, 0.717) is 17.2 Å². The van der Waals surface area contributed by atoms with Crippen molar-refractivity contribution in [3.63, 3.8) is 0 Å². The summed E-state index contributed by atoms with van der Waals surface area (Å²) in [4.78, 5) is 12.3. The van der Waals surface area contributed by atoms with Crippen molar-refractivity contribution in [1.29, 1.82) is 5.26 Å². The van der Waals surface area contributed by atoms with Gasteiger partial charge in [0.05, 0.1) is 14.2 Å². The van der Waals surface area contributed by atoms with Gasteiger partial charge < -0.3 is 20.1 Å². The van der Waals surface area contributed by atoms with Crippen molar-refractivity contribution in [1.82, 2.24) is 5.32 Å². The molecule has 0 spiro atoms. The fourth-order valence-corrected chi connectivity index (χ4v) is 2.31. The second kappa shape index (κ2) is 9.14. The molecule has 0 radical (unpaired) electrons. The number of carbonyl (C=O) groups is 1. The SMILES string of the molecule is COc1ccc(NC(=O)/C(C#N)=C\NC(C)c2ccccc2)cc1OC. The number of hydrogen-bond donors (Lipinski definition) is 2. The molecule has 6 nitrogen and oxygen atoms in total. The third-order valence-electron chi connectivity index (χ3n) is 3.78. The van der Waals surface area contributed by atoms with Gasteiger partial charge in [0, 0.05) is 24.0 Å². The molecule has 0 saturated heterocycles. The third-order valence-corrected chi connectivity index (χ3v) is 3.78. The minimum absolute atomic E-state index is 0.0254. The van der Waals surface area contributed by atoms with E-state index in [1.165, 1.54) is 20.4 Å². The van der Waals surface area contributed by atoms with Crippen LogP contribution in [0.15, 0.2) is 60.3 Å². The van der Waals surface area contributed by atoms with Gasteiger partial charge in [0.2, 0.25) is 0 Å². The molecule has 2 aromatic rings. The number of nitriles is 1. The Hall–Kier alpha value is -3.46. The zero-order chi connectivity index (χ0) is 18.9. The van der Waals surface area contributed by atoms with Crippen molar-refractivity contribution < 1.29 is 14.3 Å². The van der Waals surface area contributed by atoms with E-state index in [4.69, 9.17) is 9.47 Å². The Kier molecular flexibility index (Phi) is 6.63. The highest BCUT2D eigenvalue weighted by Crippen LogP contribution is 2.29. The molecule has 1 unspecified atom stereocenters. The molecule has 134 valence electrons. The standard InChI is InChI=1S/C20H21N3O3/c1-14(15-7-5-4-6-8-15)22-13-16(12-21)20(24)23-17-9-10-18(25-2)19(11-17)26-3/h4-11,13-14,22H,1-3H3,(H,23,24)/b16-13-. The summed E-state index contributed by atoms with van der Waals surface area (Å²) in [6.07, 6.45) is 1.42. The minimum Gasteiger partial charge on any atom is -0.493 e. The Bertz CT molecular complexity index is 826. The number of amides is 1. The lowest BCUT2D eigenvalue weighted by molar-refractivity contribution is -0.112. The number of carbonyl (C=O) groups excluding carboxylic acids is 1. The first-order valence-electron chi connectivity index (χ1n) is 8.03. The summed E-state index contributed by atoms with van der Waals surface area (Å²) in [5.41, 5.74) is 1.54. The molecule has 0 heterocycles. The second-order valence-electron chi connectivity index (χ2n) is 5.49. The van der Waals surface area contributed by atoms with Crippen LogP contribution < -0.4 is 20.1 Å². The summed E-state index contributed by atoms with van der Waals surface area (Å²) >= 11 is 0. The topological polar surface area (TPSA) is 83.4 Å². The molecule has 2 rings (SSSR count). The van der Waals surface area contributed by atoms with Gasteiger partial charge in [0.15, 0.2) is 11.5 Å². The van der Waals surface area contributed by atoms with E-state index in [1.54, 1.807) is 18.2 Å². The van der Waals surface area contributed by atoms with Crippen LogP contribution in [0.4, 0.5) is 5.69 Å². The van der Waals surface area contributed by atoms with Crippen LogP contribution >= 0.6 is 0 Å². The average Bonchev–Trinajstić information content (AvgIpc) is 2.68. The van der Waals surface area contributed by atoms with Gasteiger partial charge in [-0.2, -0.15) is 5.26 Å². The van der Waals surface area contributed by atoms with E-state index in [1.807, 2.05) is 43.3 Å². The van der Waals surface area contributed by atoms with Crippen LogP contribution in [0.3, 0.4) is 0 Å². The molecule has 0 aliphatic heterocycles. The van der Waals surface area contributed by atoms with Crippen molar-refractivity contribution in [2.75, 3.05) is 19.5 Å². The molecule has 2 N–H and O–H groups in total. The van der Waals surface area contributed by atoms with E-state index in [9.17, 15) is 10.1 Å². The smallest absolute Gasteiger partial charge is 0.267 e. The van der Waals surface area contributed by atoms with E-state index in [0.717, 1.165) is 5.56 Å². The normalized spacial score (nSPS) is 11.8. The maximum atomic E-state index is 12.3. The maximum absolute atomic E-state index is 12.3. The summed E-state index contributed by atoms with van der Waals surface area (Å²) in [5.74, 6) is 0.538. The highest BCUT2D eigenvalue weighted by atomic mass is 16.5. The number of ether oxygens (including phenoxy) is 2. The molecule has 0 fully saturated rings. The molecular weight excluding hydrogens is 330 g/mol. The molecule has 6 heteroatoms. The van der Waals surface area contributed by atoms with Crippen LogP contribution in [0, 0.1) is 11.3 Å². The molecule has 26 heavy (non-hydrogen) atoms. The Balaban J connectivity index is 2.08. The fourth-order valence-electron chi connectivity index (χ4n) is 2.31. The lowest BCUT2D eigenvalue weighted by atomic mass is 10.1. The molecule has 1 atom stereocenters. The zero-order valence-corrected chi connectivity index (χ0v) is 14.9. The Morgan fingerprint density at radius 2 is 1.81 bits per heavy atom. The van der Waals surface area contributed by atoms with Crippen molar-refractivity contribution in [2.45, 2.75) is 13.0 Å². The van der Waals surface area contributed by atoms with Crippen LogP contribution in [0.2, 0.25) is 0 Å². The van der Waals surface area contributed by atoms with Gasteiger partial charge in [-0.1, -0.05) is 30.3 Å². The lowest BCUT2D eigenvalue weighted by Crippen LogP contribution is -2.18. The molecule has 2 aromatic carbocycles. The lowest BCUT2D eigenvalue weighted by Gasteiger charge is -2.13. The maximum Gasteiger partial charge on any atom is 0.267 e. The number of anilines is 1. The van der Waals surface area contributed by atoms with Gasteiger partial charge >= 0.3 is 0 Å². The van der Waals surface area contributed by atoms with Crippen LogP contribution in [-0.2, 0) is 4.79 Å². The summed E-state index contributed by atoms with van der Waals surface area (Å²) < 4.78 is 10.4. The van der Waals surface area contributed by atoms with E-state index >= 15 is 0 Å². The molecule has 0 aromatic heterocycles. The molecule has 0 aliphatic carbocycles. The van der Waals surface area contributed by atoms with Gasteiger partial charge in [0.1, 0.15) is 11.6 Å². The van der Waals surface area contributed by atoms with Crippen LogP contribution in [0.25, 0.3) is 0 Å². The van der Waals surface area contributed by atoms with Crippen LogP contribution in [0.1, 0.15) is 18.5 Å². The van der Waals surface area contributed by atoms with Crippen LogP contribution in [0.5, 0.6) is 11.5 Å². The number of nitrogens with zero attached hydrogens (tertiary/aromatic N) is 1. The minimum atomic E-state index is -0.507. The van der Waals surface area contributed by atoms with Gasteiger partial charge in [-0.05, 0) is 24.6 Å². The molecule has 0 aliphatic rings. The summed E-state index contributed by atoms with van der Waals surface area (Å²) in [7, 11) is 3.05. The number of methoxy groups -OCH3 is 2. The number of hydrogen-bond acceptors (Lipinski definition) is 5. The number of benzene rings is 2. The van der Waals surface area contributed by atoms with Gasteiger partial charge in [-0.15, -0.1) is 0 Å². The quantitative estimate of drug-likeness (QED) is 0.590. The van der Waals surface area contributed by atoms with Crippen molar-refractivity contribution in [3.8, 4) is 17.6 Å². The monoisotopic (exact) mass is 351 g/mol. The van der Waals surface area contributed by atoms with Crippen molar-refractivity contribution >= 4 is 11.6 Å². The molecule has 0 bridgehead atoms. The number of rotatable bonds is 7. The average molecular weight is 351 g/mol. The number of nitrogens with one attached hydrogen (secondary N) is 2. The highest BCUT2D eigenvalue weighted by Gasteiger charge is 2.12. The third kappa shape index (κ3) is 4.77. The largest absolute Gasteiger partial charge is 0.493 e. The Morgan fingerprint density at radius 1 is 1.12 bits per heavy atom. The highest BCUT2D eigenvalue weighted by molar-refractivity contribution is 6.06. The van der Waals surface area contributed by atoms with E-state index in [2.05, 4.69) is 10.6 Å². The first-order valence-corrected chi connectivity index (χ1v) is 8.03. The molecule has 0 saturated carbocycles. The Labute approximate surface area is 153 Å². The Morgan fingerprint density at radius 3 is 2.42 bits per heavy atom. The van der Waals surface area contributed by atoms with Crippen molar-refractivity contribution in [2.24, 2.45) is 0 Å². The zero-order valence-electron chi connectivity index (χ0n) is 14.9. The van der Waals surface area contributed by atoms with Gasteiger partial charge in [-0.25, -0.2) is 0 Å². The van der Waals surface area contributed by atoms with Gasteiger partial charge in [0.25, 0.3) is 5.91 Å². The molecular formula is C20H21N3O3. The predicted octanol–water partition coefficient (Wildman–Crippen LogP) is 3.40. The fraction of sp³-hybridized carbons (Fsp3) is 0.200. The second-order valence-corrected chi connectivity index (χ2v) is 5.49. The van der Waals surface area contributed by atoms with E-state index in [-0.39, 0.29) is 11.6 Å². The summed E-state index contributed by atoms with van der Waals surface area (Å²) in [6.45, 7) is 1.95. The van der Waals surface area contributed by atoms with Crippen LogP contribution in [-0.4, -0.2) is 20.1 Å². The van der Waals surface area contributed by atoms with Gasteiger partial charge in [-0.3, -0.25) is 4.79 Å². The van der Waals surface area contributed by atoms with E-state index < -0.39 is 5.91 Å². The van der Waals surface area contributed by atoms with Crippen molar-refractivity contribution in [3.05, 3.63) is 65.9 Å². The first-order chi connectivity index (χ1) is 12.6. The summed E-state index contributed by atoms with van der Waals surface area (Å²) in [5, 5.41) is 15.0. The summed E-state index contributed by atoms with van der Waals surface area (Å²) in [6, 6.07) is 16.6. The molecule has 1 amide bonds. The predicted molar refractivity (Wildman–Crippen MR) is 99.9 cm³/mol.